The highest BCUT2D eigenvalue weighted by Crippen LogP contribution is 2.35. The summed E-state index contributed by atoms with van der Waals surface area (Å²) in [5, 5.41) is 0. The standard InChI is InChI=1S/C15H25NS/c1-2-16-11-10-13-7-3-4-8-14(13)15(16)9-5-6-12-17/h3-4,7-8,13-15,17H,2,5-6,9-12H2,1H3. The molecule has 0 bridgehead atoms. The number of hydrogen-bond donors (Lipinski definition) is 1. The molecule has 0 amide bonds. The Hall–Kier alpha value is -0.210. The van der Waals surface area contributed by atoms with Crippen LogP contribution < -0.4 is 0 Å². The molecule has 96 valence electrons. The summed E-state index contributed by atoms with van der Waals surface area (Å²) in [6.45, 7) is 4.78. The first kappa shape index (κ1) is 13.2. The normalized spacial score (nSPS) is 32.7. The van der Waals surface area contributed by atoms with Gasteiger partial charge in [-0.2, -0.15) is 12.6 Å². The molecule has 0 N–H and O–H groups in total. The number of likely N-dealkylation sites (tertiary alicyclic amines) is 1. The van der Waals surface area contributed by atoms with Crippen LogP contribution in [0.3, 0.4) is 0 Å². The van der Waals surface area contributed by atoms with Crippen molar-refractivity contribution in [3.8, 4) is 0 Å². The van der Waals surface area contributed by atoms with Gasteiger partial charge < -0.3 is 4.90 Å². The third kappa shape index (κ3) is 3.17. The van der Waals surface area contributed by atoms with Crippen LogP contribution in [-0.2, 0) is 0 Å². The van der Waals surface area contributed by atoms with E-state index in [-0.39, 0.29) is 0 Å². The van der Waals surface area contributed by atoms with Crippen molar-refractivity contribution >= 4 is 12.6 Å². The summed E-state index contributed by atoms with van der Waals surface area (Å²) in [7, 11) is 0. The van der Waals surface area contributed by atoms with E-state index in [2.05, 4.69) is 48.8 Å². The second-order valence-corrected chi connectivity index (χ2v) is 5.66. The fraction of sp³-hybridized carbons (Fsp3) is 0.733. The Morgan fingerprint density at radius 1 is 1.24 bits per heavy atom. The summed E-state index contributed by atoms with van der Waals surface area (Å²) < 4.78 is 0. The Balaban J connectivity index is 1.99. The van der Waals surface area contributed by atoms with Gasteiger partial charge in [0.15, 0.2) is 0 Å². The van der Waals surface area contributed by atoms with E-state index in [1.165, 1.54) is 38.8 Å². The molecule has 0 spiro atoms. The third-order valence-electron chi connectivity index (χ3n) is 4.27. The maximum Gasteiger partial charge on any atom is 0.0164 e. The molecule has 3 atom stereocenters. The highest BCUT2D eigenvalue weighted by atomic mass is 32.1. The van der Waals surface area contributed by atoms with E-state index in [0.29, 0.717) is 0 Å². The number of allylic oxidation sites excluding steroid dienone is 3. The van der Waals surface area contributed by atoms with E-state index in [1.807, 2.05) is 0 Å². The van der Waals surface area contributed by atoms with Gasteiger partial charge in [0.1, 0.15) is 0 Å². The lowest BCUT2D eigenvalue weighted by molar-refractivity contribution is 0.0846. The van der Waals surface area contributed by atoms with Gasteiger partial charge in [-0.15, -0.1) is 0 Å². The fourth-order valence-corrected chi connectivity index (χ4v) is 3.55. The average Bonchev–Trinajstić information content (AvgIpc) is 2.39. The molecule has 1 nitrogen and oxygen atoms in total. The first-order valence-electron chi connectivity index (χ1n) is 7.06. The van der Waals surface area contributed by atoms with Gasteiger partial charge in [-0.05, 0) is 49.9 Å². The molecule has 17 heavy (non-hydrogen) atoms. The van der Waals surface area contributed by atoms with Crippen LogP contribution >= 0.6 is 12.6 Å². The summed E-state index contributed by atoms with van der Waals surface area (Å²) in [6.07, 6.45) is 14.6. The molecular weight excluding hydrogens is 226 g/mol. The predicted molar refractivity (Wildman–Crippen MR) is 78.6 cm³/mol. The summed E-state index contributed by atoms with van der Waals surface area (Å²) in [4.78, 5) is 2.68. The fourth-order valence-electron chi connectivity index (χ4n) is 3.33. The van der Waals surface area contributed by atoms with E-state index in [4.69, 9.17) is 0 Å². The quantitative estimate of drug-likeness (QED) is 0.578. The van der Waals surface area contributed by atoms with Crippen molar-refractivity contribution in [3.63, 3.8) is 0 Å². The van der Waals surface area contributed by atoms with Crippen molar-refractivity contribution in [3.05, 3.63) is 24.3 Å². The zero-order valence-corrected chi connectivity index (χ0v) is 11.8. The van der Waals surface area contributed by atoms with Gasteiger partial charge >= 0.3 is 0 Å². The van der Waals surface area contributed by atoms with Crippen LogP contribution in [0.1, 0.15) is 32.6 Å². The van der Waals surface area contributed by atoms with Gasteiger partial charge in [0.2, 0.25) is 0 Å². The van der Waals surface area contributed by atoms with Gasteiger partial charge in [0.05, 0.1) is 0 Å². The Kier molecular flexibility index (Phi) is 5.17. The topological polar surface area (TPSA) is 3.24 Å². The van der Waals surface area contributed by atoms with Crippen molar-refractivity contribution in [2.75, 3.05) is 18.8 Å². The van der Waals surface area contributed by atoms with Gasteiger partial charge in [-0.3, -0.25) is 0 Å². The smallest absolute Gasteiger partial charge is 0.0164 e. The van der Waals surface area contributed by atoms with Crippen molar-refractivity contribution in [1.82, 2.24) is 4.90 Å². The largest absolute Gasteiger partial charge is 0.300 e. The Labute approximate surface area is 111 Å². The minimum atomic E-state index is 0.758. The van der Waals surface area contributed by atoms with E-state index >= 15 is 0 Å². The average molecular weight is 251 g/mol. The number of rotatable bonds is 5. The minimum Gasteiger partial charge on any atom is -0.300 e. The van der Waals surface area contributed by atoms with Crippen molar-refractivity contribution in [1.29, 1.82) is 0 Å². The van der Waals surface area contributed by atoms with Crippen LogP contribution in [0.4, 0.5) is 0 Å². The van der Waals surface area contributed by atoms with Crippen LogP contribution in [-0.4, -0.2) is 29.8 Å². The lowest BCUT2D eigenvalue weighted by Gasteiger charge is -2.44. The first-order chi connectivity index (χ1) is 8.36. The van der Waals surface area contributed by atoms with Crippen molar-refractivity contribution in [2.24, 2.45) is 11.8 Å². The molecule has 0 saturated carbocycles. The molecule has 3 unspecified atom stereocenters. The molecule has 1 aliphatic heterocycles. The minimum absolute atomic E-state index is 0.758. The van der Waals surface area contributed by atoms with E-state index in [0.717, 1.165) is 23.6 Å². The number of hydrogen-bond acceptors (Lipinski definition) is 2. The third-order valence-corrected chi connectivity index (χ3v) is 4.59. The Bertz CT molecular complexity index is 285. The molecule has 0 aromatic heterocycles. The molecule has 0 aromatic carbocycles. The van der Waals surface area contributed by atoms with Crippen LogP contribution in [0.2, 0.25) is 0 Å². The zero-order chi connectivity index (χ0) is 12.1. The van der Waals surface area contributed by atoms with E-state index < -0.39 is 0 Å². The van der Waals surface area contributed by atoms with E-state index in [1.54, 1.807) is 0 Å². The predicted octanol–water partition coefficient (Wildman–Crippen LogP) is 3.54. The molecule has 2 aliphatic rings. The molecule has 0 radical (unpaired) electrons. The van der Waals surface area contributed by atoms with Crippen molar-refractivity contribution < 1.29 is 0 Å². The van der Waals surface area contributed by atoms with Gasteiger partial charge in [-0.25, -0.2) is 0 Å². The van der Waals surface area contributed by atoms with Crippen LogP contribution in [0.5, 0.6) is 0 Å². The number of unbranched alkanes of at least 4 members (excludes halogenated alkanes) is 1. The maximum atomic E-state index is 4.32. The number of nitrogens with zero attached hydrogens (tertiary/aromatic N) is 1. The van der Waals surface area contributed by atoms with E-state index in [9.17, 15) is 0 Å². The molecule has 0 aromatic rings. The molecule has 2 rings (SSSR count). The lowest BCUT2D eigenvalue weighted by Crippen LogP contribution is -2.48. The van der Waals surface area contributed by atoms with Crippen LogP contribution in [0.25, 0.3) is 0 Å². The number of fused-ring (bicyclic) bond motifs is 1. The number of piperidine rings is 1. The maximum absolute atomic E-state index is 4.32. The highest BCUT2D eigenvalue weighted by Gasteiger charge is 2.34. The van der Waals surface area contributed by atoms with Gasteiger partial charge in [-0.1, -0.05) is 37.6 Å². The van der Waals surface area contributed by atoms with Gasteiger partial charge in [0, 0.05) is 6.04 Å². The molecule has 1 heterocycles. The monoisotopic (exact) mass is 251 g/mol. The molecule has 2 heteroatoms. The molecule has 1 saturated heterocycles. The lowest BCUT2D eigenvalue weighted by atomic mass is 9.75. The van der Waals surface area contributed by atoms with Crippen LogP contribution in [0, 0.1) is 11.8 Å². The Morgan fingerprint density at radius 2 is 2.06 bits per heavy atom. The SMILES string of the molecule is CCN1CCC2C=CC=CC2C1CCCCS. The zero-order valence-electron chi connectivity index (χ0n) is 10.9. The molecule has 1 fully saturated rings. The van der Waals surface area contributed by atoms with Crippen molar-refractivity contribution in [2.45, 2.75) is 38.6 Å². The second-order valence-electron chi connectivity index (χ2n) is 5.22. The summed E-state index contributed by atoms with van der Waals surface area (Å²) in [6, 6.07) is 0.764. The summed E-state index contributed by atoms with van der Waals surface area (Å²) >= 11 is 4.32. The van der Waals surface area contributed by atoms with Crippen LogP contribution in [0.15, 0.2) is 24.3 Å². The molecular formula is C15H25NS. The number of thiol groups is 1. The highest BCUT2D eigenvalue weighted by molar-refractivity contribution is 7.80. The first-order valence-corrected chi connectivity index (χ1v) is 7.70. The molecule has 1 aliphatic carbocycles. The second kappa shape index (κ2) is 6.65. The van der Waals surface area contributed by atoms with Gasteiger partial charge in [0.25, 0.3) is 0 Å². The summed E-state index contributed by atoms with van der Waals surface area (Å²) in [5.74, 6) is 2.58. The Morgan fingerprint density at radius 3 is 2.82 bits per heavy atom. The summed E-state index contributed by atoms with van der Waals surface area (Å²) in [5.41, 5.74) is 0.